The summed E-state index contributed by atoms with van der Waals surface area (Å²) in [6.45, 7) is 6.15. The van der Waals surface area contributed by atoms with Crippen LogP contribution in [0.15, 0.2) is 54.6 Å². The van der Waals surface area contributed by atoms with Gasteiger partial charge in [-0.05, 0) is 68.7 Å². The first-order valence-corrected chi connectivity index (χ1v) is 11.2. The summed E-state index contributed by atoms with van der Waals surface area (Å²) in [5, 5.41) is 7.39. The van der Waals surface area contributed by atoms with Crippen molar-refractivity contribution in [2.75, 3.05) is 13.1 Å². The average Bonchev–Trinajstić information content (AvgIpc) is 3.20. The summed E-state index contributed by atoms with van der Waals surface area (Å²) in [6, 6.07) is 17.7. The molecule has 1 amide bonds. The third kappa shape index (κ3) is 4.88. The van der Waals surface area contributed by atoms with Gasteiger partial charge in [-0.3, -0.25) is 9.89 Å². The molecule has 0 radical (unpaired) electrons. The van der Waals surface area contributed by atoms with Crippen LogP contribution >= 0.6 is 12.2 Å². The van der Waals surface area contributed by atoms with Gasteiger partial charge in [0.2, 0.25) is 0 Å². The summed E-state index contributed by atoms with van der Waals surface area (Å²) in [7, 11) is 0. The molecule has 1 aliphatic heterocycles. The molecular weight excluding hydrogens is 408 g/mol. The van der Waals surface area contributed by atoms with Crippen molar-refractivity contribution < 1.29 is 9.53 Å². The van der Waals surface area contributed by atoms with Crippen molar-refractivity contribution in [3.05, 3.63) is 76.3 Å². The number of piperidine rings is 1. The van der Waals surface area contributed by atoms with Crippen LogP contribution in [0.25, 0.3) is 0 Å². The molecule has 0 aliphatic carbocycles. The van der Waals surface area contributed by atoms with E-state index < -0.39 is 0 Å². The molecule has 0 bridgehead atoms. The number of aromatic nitrogens is 3. The zero-order valence-corrected chi connectivity index (χ0v) is 18.8. The van der Waals surface area contributed by atoms with Gasteiger partial charge in [0, 0.05) is 30.6 Å². The van der Waals surface area contributed by atoms with Crippen molar-refractivity contribution in [1.82, 2.24) is 19.7 Å². The van der Waals surface area contributed by atoms with Gasteiger partial charge < -0.3 is 14.2 Å². The predicted octanol–water partition coefficient (Wildman–Crippen LogP) is 5.12. The van der Waals surface area contributed by atoms with Gasteiger partial charge in [-0.25, -0.2) is 0 Å². The Hall–Kier alpha value is -2.93. The summed E-state index contributed by atoms with van der Waals surface area (Å²) < 4.78 is 8.53. The number of ether oxygens (including phenoxy) is 1. The normalized spacial score (nSPS) is 14.7. The number of nitrogens with zero attached hydrogens (tertiary/aromatic N) is 3. The monoisotopic (exact) mass is 436 g/mol. The Morgan fingerprint density at radius 3 is 2.45 bits per heavy atom. The number of H-pyrrole nitrogens is 1. The fourth-order valence-corrected chi connectivity index (χ4v) is 4.40. The highest BCUT2D eigenvalue weighted by atomic mass is 32.1. The third-order valence-electron chi connectivity index (χ3n) is 5.75. The molecule has 4 rings (SSSR count). The minimum atomic E-state index is 0.0803. The van der Waals surface area contributed by atoms with Gasteiger partial charge in [0.05, 0.1) is 0 Å². The van der Waals surface area contributed by atoms with Crippen molar-refractivity contribution >= 4 is 18.1 Å². The van der Waals surface area contributed by atoms with Gasteiger partial charge >= 0.3 is 0 Å². The number of nitrogens with one attached hydrogen (secondary N) is 1. The van der Waals surface area contributed by atoms with E-state index in [4.69, 9.17) is 17.0 Å². The minimum absolute atomic E-state index is 0.0803. The Morgan fingerprint density at radius 2 is 1.81 bits per heavy atom. The first-order valence-electron chi connectivity index (χ1n) is 10.8. The molecule has 162 valence electrons. The number of aromatic amines is 1. The van der Waals surface area contributed by atoms with Crippen molar-refractivity contribution in [3.8, 4) is 5.75 Å². The number of rotatable bonds is 6. The van der Waals surface area contributed by atoms with Crippen molar-refractivity contribution in [2.45, 2.75) is 45.3 Å². The number of likely N-dealkylation sites (tertiary alicyclic amines) is 1. The highest BCUT2D eigenvalue weighted by Crippen LogP contribution is 2.29. The molecule has 1 fully saturated rings. The molecule has 31 heavy (non-hydrogen) atoms. The summed E-state index contributed by atoms with van der Waals surface area (Å²) >= 11 is 5.38. The van der Waals surface area contributed by atoms with Gasteiger partial charge in [-0.15, -0.1) is 0 Å². The average molecular weight is 437 g/mol. The molecular formula is C24H28N4O2S. The molecule has 0 atom stereocenters. The number of carbonyl (C=O) groups is 1. The fraction of sp³-hybridized carbons (Fsp3) is 0.375. The van der Waals surface area contributed by atoms with E-state index in [0.29, 0.717) is 22.9 Å². The van der Waals surface area contributed by atoms with E-state index in [9.17, 15) is 4.79 Å². The Labute approximate surface area is 187 Å². The topological polar surface area (TPSA) is 63.1 Å². The molecule has 0 unspecified atom stereocenters. The van der Waals surface area contributed by atoms with Crippen molar-refractivity contribution in [2.24, 2.45) is 0 Å². The van der Waals surface area contributed by atoms with Crippen LogP contribution < -0.4 is 4.74 Å². The lowest BCUT2D eigenvalue weighted by molar-refractivity contribution is 0.0710. The van der Waals surface area contributed by atoms with Crippen molar-refractivity contribution in [3.63, 3.8) is 0 Å². The lowest BCUT2D eigenvalue weighted by Gasteiger charge is -2.32. The molecule has 2 aromatic carbocycles. The molecule has 1 saturated heterocycles. The van der Waals surface area contributed by atoms with Gasteiger partial charge in [-0.1, -0.05) is 30.3 Å². The number of hydrogen-bond acceptors (Lipinski definition) is 4. The first kappa shape index (κ1) is 21.3. The van der Waals surface area contributed by atoms with Crippen LogP contribution in [0.3, 0.4) is 0 Å². The predicted molar refractivity (Wildman–Crippen MR) is 123 cm³/mol. The van der Waals surface area contributed by atoms with Gasteiger partial charge in [0.15, 0.2) is 4.77 Å². The van der Waals surface area contributed by atoms with Crippen LogP contribution in [0.2, 0.25) is 0 Å². The molecule has 7 heteroatoms. The van der Waals surface area contributed by atoms with E-state index in [1.54, 1.807) is 0 Å². The van der Waals surface area contributed by atoms with Crippen LogP contribution in [-0.4, -0.2) is 38.7 Å². The Morgan fingerprint density at radius 1 is 1.13 bits per heavy atom. The first-order chi connectivity index (χ1) is 15.0. The van der Waals surface area contributed by atoms with Crippen LogP contribution in [0, 0.1) is 4.77 Å². The largest absolute Gasteiger partial charge is 0.489 e. The maximum absolute atomic E-state index is 13.0. The van der Waals surface area contributed by atoms with E-state index in [-0.39, 0.29) is 11.9 Å². The maximum atomic E-state index is 13.0. The lowest BCUT2D eigenvalue weighted by atomic mass is 9.95. The second-order valence-corrected chi connectivity index (χ2v) is 8.60. The Balaban J connectivity index is 1.34. The summed E-state index contributed by atoms with van der Waals surface area (Å²) in [6.07, 6.45) is 1.78. The van der Waals surface area contributed by atoms with Crippen LogP contribution in [0.4, 0.5) is 0 Å². The second-order valence-electron chi connectivity index (χ2n) is 8.22. The summed E-state index contributed by atoms with van der Waals surface area (Å²) in [5.41, 5.74) is 1.75. The van der Waals surface area contributed by atoms with E-state index in [2.05, 4.69) is 28.6 Å². The van der Waals surface area contributed by atoms with Gasteiger partial charge in [-0.2, -0.15) is 5.10 Å². The summed E-state index contributed by atoms with van der Waals surface area (Å²) in [4.78, 5) is 14.9. The zero-order valence-electron chi connectivity index (χ0n) is 18.0. The highest BCUT2D eigenvalue weighted by molar-refractivity contribution is 7.71. The molecule has 3 aromatic rings. The quantitative estimate of drug-likeness (QED) is 0.545. The second kappa shape index (κ2) is 9.47. The van der Waals surface area contributed by atoms with Crippen LogP contribution in [0.1, 0.15) is 60.4 Å². The molecule has 1 aromatic heterocycles. The summed E-state index contributed by atoms with van der Waals surface area (Å²) in [5.74, 6) is 2.24. The molecule has 1 aliphatic rings. The number of hydrogen-bond donors (Lipinski definition) is 1. The minimum Gasteiger partial charge on any atom is -0.489 e. The van der Waals surface area contributed by atoms with Gasteiger partial charge in [0.1, 0.15) is 18.2 Å². The molecule has 6 nitrogen and oxygen atoms in total. The maximum Gasteiger partial charge on any atom is 0.253 e. The van der Waals surface area contributed by atoms with Crippen LogP contribution in [-0.2, 0) is 6.61 Å². The number of benzene rings is 2. The lowest BCUT2D eigenvalue weighted by Crippen LogP contribution is -2.38. The fourth-order valence-electron chi connectivity index (χ4n) is 4.05. The van der Waals surface area contributed by atoms with E-state index in [1.165, 1.54) is 0 Å². The van der Waals surface area contributed by atoms with E-state index >= 15 is 0 Å². The molecule has 1 N–H and O–H groups in total. The number of carbonyl (C=O) groups excluding carboxylic acids is 1. The van der Waals surface area contributed by atoms with E-state index in [1.807, 2.05) is 59.5 Å². The number of para-hydroxylation sites is 1. The highest BCUT2D eigenvalue weighted by Gasteiger charge is 2.28. The van der Waals surface area contributed by atoms with Crippen molar-refractivity contribution in [1.29, 1.82) is 0 Å². The van der Waals surface area contributed by atoms with E-state index in [0.717, 1.165) is 43.1 Å². The smallest absolute Gasteiger partial charge is 0.253 e. The molecule has 2 heterocycles. The number of amides is 1. The van der Waals surface area contributed by atoms with Crippen LogP contribution in [0.5, 0.6) is 5.75 Å². The third-order valence-corrected chi connectivity index (χ3v) is 6.03. The Bertz CT molecular complexity index is 1060. The zero-order chi connectivity index (χ0) is 21.8. The SMILES string of the molecule is CC(C)n1c(C2CCN(C(=O)c3ccc(COc4ccccc4)cc3)CC2)n[nH]c1=S. The standard InChI is InChI=1S/C24H28N4O2S/c1-17(2)28-22(25-26-24(28)31)19-12-14-27(15-13-19)23(29)20-10-8-18(9-11-20)16-30-21-6-4-3-5-7-21/h3-11,17,19H,12-16H2,1-2H3,(H,26,31). The molecule has 0 spiro atoms. The Kier molecular flexibility index (Phi) is 6.51. The van der Waals surface area contributed by atoms with Gasteiger partial charge in [0.25, 0.3) is 5.91 Å². The molecule has 0 saturated carbocycles.